The first-order valence-electron chi connectivity index (χ1n) is 18.2. The van der Waals surface area contributed by atoms with Crippen LogP contribution in [0.25, 0.3) is 10.9 Å². The van der Waals surface area contributed by atoms with Crippen LogP contribution in [0.3, 0.4) is 0 Å². The van der Waals surface area contributed by atoms with Gasteiger partial charge in [0, 0.05) is 47.3 Å². The number of rotatable bonds is 11. The van der Waals surface area contributed by atoms with Gasteiger partial charge >= 0.3 is 0 Å². The number of fused-ring (bicyclic) bond motifs is 4. The smallest absolute Gasteiger partial charge is 0.253 e. The van der Waals surface area contributed by atoms with E-state index in [2.05, 4.69) is 18.8 Å². The lowest BCUT2D eigenvalue weighted by atomic mass is 9.82. The van der Waals surface area contributed by atoms with Gasteiger partial charge in [-0.05, 0) is 68.6 Å². The monoisotopic (exact) mass is 631 g/mol. The minimum Gasteiger partial charge on any atom is -0.497 e. The van der Waals surface area contributed by atoms with Crippen molar-refractivity contribution in [1.29, 1.82) is 0 Å². The molecule has 2 aliphatic carbocycles. The Morgan fingerprint density at radius 3 is 2.26 bits per heavy atom. The van der Waals surface area contributed by atoms with Crippen molar-refractivity contribution in [1.82, 2.24) is 14.8 Å². The maximum Gasteiger partial charge on any atom is 0.253 e. The van der Waals surface area contributed by atoms with Crippen molar-refractivity contribution in [3.63, 3.8) is 0 Å². The van der Waals surface area contributed by atoms with Crippen molar-refractivity contribution in [2.75, 3.05) is 7.11 Å². The van der Waals surface area contributed by atoms with E-state index in [1.54, 1.807) is 7.11 Å². The molecule has 0 spiro atoms. The summed E-state index contributed by atoms with van der Waals surface area (Å²) in [5.74, 6) is 0.999. The zero-order chi connectivity index (χ0) is 32.4. The van der Waals surface area contributed by atoms with Gasteiger partial charge in [0.1, 0.15) is 23.6 Å². The molecule has 3 atom stereocenters. The molecule has 3 fully saturated rings. The average Bonchev–Trinajstić information content (AvgIpc) is 3.44. The molecule has 2 saturated carbocycles. The standard InChI is InChI=1S/C38H53N3O5/c1-24(2)21-32-35-29(28-20-19-27(46-3)22-30(28)39-35)23-33-38(45)41(36(43)26-15-9-5-10-16-26)31(37(44)40(32)33)17-11-6-12-18-34(42)25-13-7-4-8-14-25/h19-20,22,24-26,31-33,39H,4-18,21,23H2,1-3H3/t31-,32-,33-/m0/s1. The third kappa shape index (κ3) is 6.50. The number of carbonyl (C=O) groups is 4. The maximum atomic E-state index is 14.7. The number of aromatic amines is 1. The lowest BCUT2D eigenvalue weighted by molar-refractivity contribution is -0.173. The Hall–Kier alpha value is -3.16. The lowest BCUT2D eigenvalue weighted by Crippen LogP contribution is -2.68. The summed E-state index contributed by atoms with van der Waals surface area (Å²) in [6.45, 7) is 4.30. The number of piperazine rings is 1. The maximum absolute atomic E-state index is 14.7. The van der Waals surface area contributed by atoms with Crippen LogP contribution in [0.1, 0.15) is 134 Å². The molecule has 3 heterocycles. The highest BCUT2D eigenvalue weighted by Gasteiger charge is 2.54. The molecule has 3 amide bonds. The molecule has 1 N–H and O–H groups in total. The molecule has 8 nitrogen and oxygen atoms in total. The predicted molar refractivity (Wildman–Crippen MR) is 178 cm³/mol. The SMILES string of the molecule is COc1ccc2c3c([nH]c2c1)[C@H](CC(C)C)N1C(=O)[C@H](CCCCCC(=O)C2CCCCC2)N(C(=O)C2CCCCC2)C(=O)[C@@H]1C3. The van der Waals surface area contributed by atoms with E-state index < -0.39 is 12.1 Å². The molecule has 8 heteroatoms. The number of ketones is 1. The van der Waals surface area contributed by atoms with E-state index in [4.69, 9.17) is 4.74 Å². The van der Waals surface area contributed by atoms with Crippen molar-refractivity contribution in [3.05, 3.63) is 29.5 Å². The summed E-state index contributed by atoms with van der Waals surface area (Å²) < 4.78 is 5.48. The molecule has 2 aliphatic heterocycles. The number of amides is 3. The third-order valence-corrected chi connectivity index (χ3v) is 11.3. The molecule has 6 rings (SSSR count). The number of methoxy groups -OCH3 is 1. The lowest BCUT2D eigenvalue weighted by Gasteiger charge is -2.50. The molecule has 0 bridgehead atoms. The average molecular weight is 632 g/mol. The van der Waals surface area contributed by atoms with E-state index >= 15 is 0 Å². The Labute approximate surface area is 274 Å². The fourth-order valence-corrected chi connectivity index (χ4v) is 8.83. The van der Waals surface area contributed by atoms with Gasteiger partial charge in [-0.15, -0.1) is 0 Å². The van der Waals surface area contributed by atoms with E-state index in [9.17, 15) is 19.2 Å². The summed E-state index contributed by atoms with van der Waals surface area (Å²) in [5, 5.41) is 1.04. The Morgan fingerprint density at radius 1 is 0.891 bits per heavy atom. The molecule has 0 unspecified atom stereocenters. The Morgan fingerprint density at radius 2 is 1.59 bits per heavy atom. The van der Waals surface area contributed by atoms with Gasteiger partial charge < -0.3 is 14.6 Å². The first-order chi connectivity index (χ1) is 22.3. The van der Waals surface area contributed by atoms with Crippen LogP contribution in [0.15, 0.2) is 18.2 Å². The van der Waals surface area contributed by atoms with Crippen LogP contribution in [0.4, 0.5) is 0 Å². The molecular weight excluding hydrogens is 578 g/mol. The highest BCUT2D eigenvalue weighted by atomic mass is 16.5. The minimum atomic E-state index is -0.784. The number of Topliss-reactive ketones (excluding diaryl/α,β-unsaturated/α-hetero) is 1. The molecule has 250 valence electrons. The van der Waals surface area contributed by atoms with Crippen molar-refractivity contribution in [2.24, 2.45) is 17.8 Å². The second-order valence-corrected chi connectivity index (χ2v) is 14.8. The summed E-state index contributed by atoms with van der Waals surface area (Å²) in [6.07, 6.45) is 14.7. The highest BCUT2D eigenvalue weighted by Crippen LogP contribution is 2.44. The number of aromatic nitrogens is 1. The van der Waals surface area contributed by atoms with Crippen molar-refractivity contribution < 1.29 is 23.9 Å². The molecule has 0 radical (unpaired) electrons. The van der Waals surface area contributed by atoms with Gasteiger partial charge in [0.05, 0.1) is 13.2 Å². The van der Waals surface area contributed by atoms with E-state index in [0.29, 0.717) is 37.4 Å². The number of ether oxygens (including phenoxy) is 1. The summed E-state index contributed by atoms with van der Waals surface area (Å²) in [6, 6.07) is 4.20. The molecule has 1 aromatic heterocycles. The van der Waals surface area contributed by atoms with Crippen LogP contribution in [-0.4, -0.2) is 57.5 Å². The fraction of sp³-hybridized carbons (Fsp3) is 0.684. The van der Waals surface area contributed by atoms with Crippen LogP contribution in [0, 0.1) is 17.8 Å². The Balaban J connectivity index is 1.26. The summed E-state index contributed by atoms with van der Waals surface area (Å²) in [4.78, 5) is 63.1. The number of hydrogen-bond acceptors (Lipinski definition) is 5. The first kappa shape index (κ1) is 32.8. The molecule has 1 saturated heterocycles. The zero-order valence-corrected chi connectivity index (χ0v) is 28.2. The van der Waals surface area contributed by atoms with Crippen LogP contribution in [0.5, 0.6) is 5.75 Å². The van der Waals surface area contributed by atoms with Crippen molar-refractivity contribution in [2.45, 2.75) is 141 Å². The number of benzene rings is 1. The van der Waals surface area contributed by atoms with E-state index in [-0.39, 0.29) is 35.6 Å². The van der Waals surface area contributed by atoms with E-state index in [1.165, 1.54) is 11.3 Å². The van der Waals surface area contributed by atoms with E-state index in [0.717, 1.165) is 105 Å². The number of carbonyl (C=O) groups excluding carboxylic acids is 4. The second-order valence-electron chi connectivity index (χ2n) is 14.8. The van der Waals surface area contributed by atoms with Crippen LogP contribution in [-0.2, 0) is 25.6 Å². The topological polar surface area (TPSA) is 99.8 Å². The first-order valence-corrected chi connectivity index (χ1v) is 18.2. The normalized spacial score (nSPS) is 24.4. The molecular formula is C38H53N3O5. The quantitative estimate of drug-likeness (QED) is 0.205. The van der Waals surface area contributed by atoms with Gasteiger partial charge in [0.15, 0.2) is 0 Å². The van der Waals surface area contributed by atoms with Crippen molar-refractivity contribution in [3.8, 4) is 5.75 Å². The molecule has 1 aromatic carbocycles. The second kappa shape index (κ2) is 14.3. The van der Waals surface area contributed by atoms with Crippen LogP contribution >= 0.6 is 0 Å². The van der Waals surface area contributed by atoms with Gasteiger partial charge in [-0.1, -0.05) is 65.2 Å². The Bertz CT molecular complexity index is 1430. The predicted octanol–water partition coefficient (Wildman–Crippen LogP) is 7.43. The molecule has 2 aromatic rings. The summed E-state index contributed by atoms with van der Waals surface area (Å²) in [7, 11) is 1.65. The minimum absolute atomic E-state index is 0.0976. The number of nitrogens with one attached hydrogen (secondary N) is 1. The number of unbranched alkanes of at least 4 members (excludes halogenated alkanes) is 2. The Kier molecular flexibility index (Phi) is 10.2. The largest absolute Gasteiger partial charge is 0.497 e. The third-order valence-electron chi connectivity index (χ3n) is 11.3. The highest BCUT2D eigenvalue weighted by molar-refractivity contribution is 6.08. The summed E-state index contributed by atoms with van der Waals surface area (Å²) >= 11 is 0. The van der Waals surface area contributed by atoms with Gasteiger partial charge in [-0.2, -0.15) is 0 Å². The number of hydrogen-bond donors (Lipinski definition) is 1. The number of imide groups is 1. The summed E-state index contributed by atoms with van der Waals surface area (Å²) in [5.41, 5.74) is 3.01. The van der Waals surface area contributed by atoms with Gasteiger partial charge in [-0.3, -0.25) is 24.1 Å². The van der Waals surface area contributed by atoms with Crippen LogP contribution in [0.2, 0.25) is 0 Å². The van der Waals surface area contributed by atoms with Gasteiger partial charge in [-0.25, -0.2) is 0 Å². The zero-order valence-electron chi connectivity index (χ0n) is 28.2. The molecule has 46 heavy (non-hydrogen) atoms. The molecule has 4 aliphatic rings. The van der Waals surface area contributed by atoms with Gasteiger partial charge in [0.2, 0.25) is 11.8 Å². The van der Waals surface area contributed by atoms with Gasteiger partial charge in [0.25, 0.3) is 5.91 Å². The van der Waals surface area contributed by atoms with E-state index in [1.807, 2.05) is 23.1 Å². The fourth-order valence-electron chi connectivity index (χ4n) is 8.83. The number of nitrogens with zero attached hydrogens (tertiary/aromatic N) is 2. The van der Waals surface area contributed by atoms with Crippen molar-refractivity contribution >= 4 is 34.4 Å². The van der Waals surface area contributed by atoms with Crippen LogP contribution < -0.4 is 4.74 Å². The number of H-pyrrole nitrogens is 1.